The van der Waals surface area contributed by atoms with E-state index in [1.54, 1.807) is 24.9 Å². The minimum absolute atomic E-state index is 0.0772. The number of para-hydroxylation sites is 1. The Kier molecular flexibility index (Phi) is 9.85. The number of carbonyl (C=O) groups is 1. The maximum absolute atomic E-state index is 13.7. The van der Waals surface area contributed by atoms with E-state index in [2.05, 4.69) is 6.92 Å². The average Bonchev–Trinajstić information content (AvgIpc) is 2.89. The number of fused-ring (bicyclic) bond motifs is 1. The fraction of sp³-hybridized carbons (Fsp3) is 0.464. The normalized spacial score (nSPS) is 12.0. The highest BCUT2D eigenvalue weighted by Crippen LogP contribution is 2.25. The number of methoxy groups -OCH3 is 2. The SMILES string of the molecule is CCCCCCC(=O)N(CCCOC)C(C)c1nc2ccccc2c(=O)n1-c1ccc(OC)cc1. The zero-order chi connectivity index (χ0) is 25.2. The predicted molar refractivity (Wildman–Crippen MR) is 139 cm³/mol. The molecule has 35 heavy (non-hydrogen) atoms. The standard InChI is InChI=1S/C28H37N3O4/c1-5-6-7-8-14-26(32)30(19-11-20-34-3)21(2)27-29-25-13-10-9-12-24(25)28(33)31(27)22-15-17-23(35-4)18-16-22/h9-10,12-13,15-18,21H,5-8,11,14,19-20H2,1-4H3. The van der Waals surface area contributed by atoms with Gasteiger partial charge in [0.25, 0.3) is 5.56 Å². The molecule has 0 aliphatic rings. The molecule has 1 aromatic heterocycles. The summed E-state index contributed by atoms with van der Waals surface area (Å²) in [5.74, 6) is 1.32. The van der Waals surface area contributed by atoms with Crippen LogP contribution in [0.15, 0.2) is 53.3 Å². The number of nitrogens with zero attached hydrogens (tertiary/aromatic N) is 3. The van der Waals surface area contributed by atoms with Gasteiger partial charge in [0.05, 0.1) is 29.7 Å². The van der Waals surface area contributed by atoms with E-state index in [-0.39, 0.29) is 11.5 Å². The predicted octanol–water partition coefficient (Wildman–Crippen LogP) is 5.29. The Morgan fingerprint density at radius 3 is 2.46 bits per heavy atom. The highest BCUT2D eigenvalue weighted by molar-refractivity contribution is 5.79. The summed E-state index contributed by atoms with van der Waals surface area (Å²) >= 11 is 0. The fourth-order valence-electron chi connectivity index (χ4n) is 4.31. The minimum atomic E-state index is -0.398. The Morgan fingerprint density at radius 1 is 1.03 bits per heavy atom. The van der Waals surface area contributed by atoms with Crippen LogP contribution in [0.1, 0.15) is 64.2 Å². The Hall–Kier alpha value is -3.19. The van der Waals surface area contributed by atoms with Crippen LogP contribution in [-0.4, -0.2) is 47.7 Å². The van der Waals surface area contributed by atoms with Crippen molar-refractivity contribution in [2.24, 2.45) is 0 Å². The van der Waals surface area contributed by atoms with Gasteiger partial charge in [-0.05, 0) is 56.2 Å². The first-order valence-electron chi connectivity index (χ1n) is 12.5. The van der Waals surface area contributed by atoms with Gasteiger partial charge in [0, 0.05) is 26.7 Å². The number of benzene rings is 2. The molecule has 1 amide bonds. The fourth-order valence-corrected chi connectivity index (χ4v) is 4.31. The third-order valence-electron chi connectivity index (χ3n) is 6.29. The van der Waals surface area contributed by atoms with Gasteiger partial charge in [0.1, 0.15) is 11.6 Å². The molecule has 2 aromatic carbocycles. The van der Waals surface area contributed by atoms with E-state index in [1.807, 2.05) is 54.3 Å². The van der Waals surface area contributed by atoms with Gasteiger partial charge >= 0.3 is 0 Å². The van der Waals surface area contributed by atoms with Gasteiger partial charge < -0.3 is 14.4 Å². The molecule has 1 atom stereocenters. The smallest absolute Gasteiger partial charge is 0.266 e. The van der Waals surface area contributed by atoms with E-state index >= 15 is 0 Å². The lowest BCUT2D eigenvalue weighted by atomic mass is 10.1. The number of amides is 1. The molecule has 3 aromatic rings. The van der Waals surface area contributed by atoms with Crippen LogP contribution in [0.5, 0.6) is 5.75 Å². The molecule has 0 saturated heterocycles. The third-order valence-corrected chi connectivity index (χ3v) is 6.29. The van der Waals surface area contributed by atoms with Crippen molar-refractivity contribution in [1.29, 1.82) is 0 Å². The number of hydrogen-bond donors (Lipinski definition) is 0. The van der Waals surface area contributed by atoms with E-state index in [0.29, 0.717) is 54.2 Å². The Balaban J connectivity index is 2.07. The maximum Gasteiger partial charge on any atom is 0.266 e. The molecule has 0 aliphatic carbocycles. The van der Waals surface area contributed by atoms with Crippen molar-refractivity contribution in [2.75, 3.05) is 27.4 Å². The first kappa shape index (κ1) is 26.4. The molecule has 7 nitrogen and oxygen atoms in total. The molecule has 0 spiro atoms. The van der Waals surface area contributed by atoms with Crippen molar-refractivity contribution in [3.63, 3.8) is 0 Å². The Bertz CT molecular complexity index is 1160. The molecule has 3 rings (SSSR count). The summed E-state index contributed by atoms with van der Waals surface area (Å²) < 4.78 is 12.2. The van der Waals surface area contributed by atoms with Gasteiger partial charge in [-0.2, -0.15) is 0 Å². The summed E-state index contributed by atoms with van der Waals surface area (Å²) in [6.45, 7) is 5.20. The summed E-state index contributed by atoms with van der Waals surface area (Å²) in [5.41, 5.74) is 1.15. The van der Waals surface area contributed by atoms with Crippen LogP contribution in [0.3, 0.4) is 0 Å². The van der Waals surface area contributed by atoms with Crippen molar-refractivity contribution < 1.29 is 14.3 Å². The van der Waals surface area contributed by atoms with Gasteiger partial charge in [-0.15, -0.1) is 0 Å². The zero-order valence-electron chi connectivity index (χ0n) is 21.3. The second-order valence-corrected chi connectivity index (χ2v) is 8.75. The van der Waals surface area contributed by atoms with Crippen molar-refractivity contribution in [2.45, 2.75) is 58.4 Å². The molecule has 0 aliphatic heterocycles. The average molecular weight is 480 g/mol. The van der Waals surface area contributed by atoms with Gasteiger partial charge in [0.2, 0.25) is 5.91 Å². The molecule has 1 heterocycles. The zero-order valence-corrected chi connectivity index (χ0v) is 21.3. The number of unbranched alkanes of at least 4 members (excludes halogenated alkanes) is 3. The highest BCUT2D eigenvalue weighted by Gasteiger charge is 2.26. The molecule has 188 valence electrons. The van der Waals surface area contributed by atoms with E-state index in [1.165, 1.54) is 0 Å². The number of carbonyl (C=O) groups excluding carboxylic acids is 1. The molecule has 0 saturated carbocycles. The quantitative estimate of drug-likeness (QED) is 0.311. The first-order valence-corrected chi connectivity index (χ1v) is 12.5. The van der Waals surface area contributed by atoms with Crippen molar-refractivity contribution in [3.05, 3.63) is 64.7 Å². The third kappa shape index (κ3) is 6.48. The van der Waals surface area contributed by atoms with Crippen molar-refractivity contribution in [1.82, 2.24) is 14.5 Å². The molecule has 1 unspecified atom stereocenters. The van der Waals surface area contributed by atoms with Crippen LogP contribution < -0.4 is 10.3 Å². The molecule has 0 bridgehead atoms. The second kappa shape index (κ2) is 13.0. The molecule has 7 heteroatoms. The number of aromatic nitrogens is 2. The number of rotatable bonds is 13. The van der Waals surface area contributed by atoms with Crippen LogP contribution in [0.2, 0.25) is 0 Å². The monoisotopic (exact) mass is 479 g/mol. The van der Waals surface area contributed by atoms with Gasteiger partial charge in [-0.25, -0.2) is 4.98 Å². The molecule has 0 fully saturated rings. The van der Waals surface area contributed by atoms with Crippen LogP contribution in [-0.2, 0) is 9.53 Å². The topological polar surface area (TPSA) is 73.7 Å². The lowest BCUT2D eigenvalue weighted by molar-refractivity contribution is -0.134. The Labute approximate surface area is 207 Å². The first-order chi connectivity index (χ1) is 17.0. The van der Waals surface area contributed by atoms with Crippen LogP contribution in [0.4, 0.5) is 0 Å². The van der Waals surface area contributed by atoms with E-state index in [0.717, 1.165) is 25.7 Å². The van der Waals surface area contributed by atoms with E-state index in [9.17, 15) is 9.59 Å². The summed E-state index contributed by atoms with van der Waals surface area (Å²) in [6.07, 6.45) is 5.33. The lowest BCUT2D eigenvalue weighted by Gasteiger charge is -2.31. The molecule has 0 N–H and O–H groups in total. The lowest BCUT2D eigenvalue weighted by Crippen LogP contribution is -2.38. The number of ether oxygens (including phenoxy) is 2. The summed E-state index contributed by atoms with van der Waals surface area (Å²) in [7, 11) is 3.27. The summed E-state index contributed by atoms with van der Waals surface area (Å²) in [6, 6.07) is 14.3. The minimum Gasteiger partial charge on any atom is -0.497 e. The summed E-state index contributed by atoms with van der Waals surface area (Å²) in [4.78, 5) is 33.8. The summed E-state index contributed by atoms with van der Waals surface area (Å²) in [5, 5.41) is 0.538. The van der Waals surface area contributed by atoms with E-state index in [4.69, 9.17) is 14.5 Å². The molecular weight excluding hydrogens is 442 g/mol. The van der Waals surface area contributed by atoms with Crippen LogP contribution in [0, 0.1) is 0 Å². The van der Waals surface area contributed by atoms with Crippen molar-refractivity contribution in [3.8, 4) is 11.4 Å². The van der Waals surface area contributed by atoms with Gasteiger partial charge in [-0.1, -0.05) is 38.3 Å². The van der Waals surface area contributed by atoms with Gasteiger partial charge in [-0.3, -0.25) is 14.2 Å². The largest absolute Gasteiger partial charge is 0.497 e. The molecule has 0 radical (unpaired) electrons. The maximum atomic E-state index is 13.7. The number of hydrogen-bond acceptors (Lipinski definition) is 5. The second-order valence-electron chi connectivity index (χ2n) is 8.75. The van der Waals surface area contributed by atoms with E-state index < -0.39 is 6.04 Å². The highest BCUT2D eigenvalue weighted by atomic mass is 16.5. The molecular formula is C28H37N3O4. The van der Waals surface area contributed by atoms with Crippen LogP contribution in [0.25, 0.3) is 16.6 Å². The van der Waals surface area contributed by atoms with Crippen molar-refractivity contribution >= 4 is 16.8 Å². The Morgan fingerprint density at radius 2 is 1.77 bits per heavy atom. The van der Waals surface area contributed by atoms with Gasteiger partial charge in [0.15, 0.2) is 0 Å². The van der Waals surface area contributed by atoms with Crippen LogP contribution >= 0.6 is 0 Å².